The third-order valence-corrected chi connectivity index (χ3v) is 8.24. The van der Waals surface area contributed by atoms with Gasteiger partial charge in [0, 0.05) is 36.6 Å². The van der Waals surface area contributed by atoms with E-state index in [2.05, 4.69) is 15.6 Å². The number of hydrogen-bond donors (Lipinski definition) is 2. The highest BCUT2D eigenvalue weighted by Crippen LogP contribution is 2.60. The van der Waals surface area contributed by atoms with Gasteiger partial charge in [-0.3, -0.25) is 4.99 Å². The highest BCUT2D eigenvalue weighted by molar-refractivity contribution is 7.91. The van der Waals surface area contributed by atoms with Crippen molar-refractivity contribution in [2.24, 2.45) is 16.3 Å². The van der Waals surface area contributed by atoms with Crippen LogP contribution in [0.25, 0.3) is 0 Å². The number of ether oxygens (including phenoxy) is 1. The van der Waals surface area contributed by atoms with Crippen LogP contribution >= 0.6 is 0 Å². The second kappa shape index (κ2) is 6.16. The summed E-state index contributed by atoms with van der Waals surface area (Å²) >= 11 is 0. The lowest BCUT2D eigenvalue weighted by atomic mass is 9.54. The zero-order chi connectivity index (χ0) is 16.8. The fourth-order valence-electron chi connectivity index (χ4n) is 5.44. The zero-order valence-corrected chi connectivity index (χ0v) is 15.3. The Hall–Kier alpha value is -0.820. The van der Waals surface area contributed by atoms with E-state index in [-0.39, 0.29) is 23.0 Å². The molecule has 4 atom stereocenters. The van der Waals surface area contributed by atoms with Crippen LogP contribution in [-0.4, -0.2) is 57.2 Å². The number of fused-ring (bicyclic) bond motifs is 2. The minimum Gasteiger partial charge on any atom is -0.377 e. The molecule has 0 radical (unpaired) electrons. The van der Waals surface area contributed by atoms with Crippen LogP contribution in [0.15, 0.2) is 4.99 Å². The van der Waals surface area contributed by atoms with Gasteiger partial charge in [-0.1, -0.05) is 12.8 Å². The van der Waals surface area contributed by atoms with E-state index in [9.17, 15) is 8.42 Å². The van der Waals surface area contributed by atoms with Gasteiger partial charge in [-0.05, 0) is 32.6 Å². The van der Waals surface area contributed by atoms with Crippen LogP contribution in [0.2, 0.25) is 0 Å². The standard InChI is InChI=1S/C17H29N3O3S/c1-2-18-16(19-12-6-10-24(21,22)11-12)20-14-13-5-9-23-15(13)17(14)7-3-4-8-17/h12-15H,2-11H2,1H3,(H2,18,19,20). The summed E-state index contributed by atoms with van der Waals surface area (Å²) in [5.74, 6) is 1.89. The first-order chi connectivity index (χ1) is 11.5. The summed E-state index contributed by atoms with van der Waals surface area (Å²) in [7, 11) is -2.88. The number of aliphatic imine (C=N–C) groups is 1. The summed E-state index contributed by atoms with van der Waals surface area (Å²) < 4.78 is 29.5. The molecule has 2 saturated heterocycles. The SMILES string of the molecule is CCN=C(NC1CCS(=O)(=O)C1)NC1C2CCOC2C12CCCC2. The Bertz CT molecular complexity index is 613. The molecule has 7 heteroatoms. The maximum absolute atomic E-state index is 11.7. The zero-order valence-electron chi connectivity index (χ0n) is 14.5. The van der Waals surface area contributed by atoms with Crippen molar-refractivity contribution in [1.82, 2.24) is 10.6 Å². The fraction of sp³-hybridized carbons (Fsp3) is 0.941. The van der Waals surface area contributed by atoms with Crippen LogP contribution in [0, 0.1) is 11.3 Å². The highest BCUT2D eigenvalue weighted by Gasteiger charge is 2.65. The second-order valence-corrected chi connectivity index (χ2v) is 10.1. The van der Waals surface area contributed by atoms with E-state index in [0.29, 0.717) is 31.0 Å². The van der Waals surface area contributed by atoms with Crippen molar-refractivity contribution in [3.63, 3.8) is 0 Å². The molecule has 24 heavy (non-hydrogen) atoms. The average Bonchev–Trinajstić information content (AvgIpc) is 3.23. The Labute approximate surface area is 144 Å². The fourth-order valence-corrected chi connectivity index (χ4v) is 7.12. The van der Waals surface area contributed by atoms with E-state index in [1.54, 1.807) is 0 Å². The van der Waals surface area contributed by atoms with E-state index in [1.807, 2.05) is 6.92 Å². The summed E-state index contributed by atoms with van der Waals surface area (Å²) in [6.45, 7) is 3.59. The molecule has 6 nitrogen and oxygen atoms in total. The van der Waals surface area contributed by atoms with Gasteiger partial charge in [0.05, 0.1) is 17.6 Å². The first-order valence-corrected chi connectivity index (χ1v) is 11.3. The maximum atomic E-state index is 11.7. The van der Waals surface area contributed by atoms with Crippen LogP contribution in [0.3, 0.4) is 0 Å². The van der Waals surface area contributed by atoms with Crippen molar-refractivity contribution in [3.8, 4) is 0 Å². The summed E-state index contributed by atoms with van der Waals surface area (Å²) in [6.07, 6.45) is 7.29. The van der Waals surface area contributed by atoms with Gasteiger partial charge in [-0.2, -0.15) is 0 Å². The van der Waals surface area contributed by atoms with Crippen LogP contribution in [0.4, 0.5) is 0 Å². The molecule has 2 N–H and O–H groups in total. The lowest BCUT2D eigenvalue weighted by molar-refractivity contribution is -0.125. The van der Waals surface area contributed by atoms with Crippen molar-refractivity contribution in [2.75, 3.05) is 24.7 Å². The highest BCUT2D eigenvalue weighted by atomic mass is 32.2. The lowest BCUT2D eigenvalue weighted by Gasteiger charge is -2.57. The molecule has 4 fully saturated rings. The molecule has 2 aliphatic carbocycles. The Morgan fingerprint density at radius 2 is 2.04 bits per heavy atom. The van der Waals surface area contributed by atoms with Crippen molar-refractivity contribution >= 4 is 15.8 Å². The average molecular weight is 356 g/mol. The smallest absolute Gasteiger partial charge is 0.191 e. The Kier molecular flexibility index (Phi) is 4.27. The van der Waals surface area contributed by atoms with Gasteiger partial charge in [0.2, 0.25) is 0 Å². The number of hydrogen-bond acceptors (Lipinski definition) is 4. The Morgan fingerprint density at radius 3 is 2.71 bits per heavy atom. The molecule has 2 aliphatic heterocycles. The summed E-state index contributed by atoms with van der Waals surface area (Å²) in [6, 6.07) is 0.409. The van der Waals surface area contributed by atoms with Gasteiger partial charge in [-0.25, -0.2) is 8.42 Å². The van der Waals surface area contributed by atoms with E-state index >= 15 is 0 Å². The molecule has 0 aromatic heterocycles. The number of nitrogens with one attached hydrogen (secondary N) is 2. The van der Waals surface area contributed by atoms with E-state index < -0.39 is 9.84 Å². The molecule has 0 bridgehead atoms. The summed E-state index contributed by atoms with van der Waals surface area (Å²) in [5, 5.41) is 7.05. The first-order valence-electron chi connectivity index (χ1n) is 9.44. The van der Waals surface area contributed by atoms with Crippen LogP contribution in [0.5, 0.6) is 0 Å². The molecule has 1 spiro atoms. The summed E-state index contributed by atoms with van der Waals surface area (Å²) in [5.41, 5.74) is 0.277. The third-order valence-electron chi connectivity index (χ3n) is 6.47. The van der Waals surface area contributed by atoms with Gasteiger partial charge in [0.1, 0.15) is 0 Å². The molecule has 136 valence electrons. The maximum Gasteiger partial charge on any atom is 0.191 e. The van der Waals surface area contributed by atoms with Crippen molar-refractivity contribution in [3.05, 3.63) is 0 Å². The topological polar surface area (TPSA) is 79.8 Å². The van der Waals surface area contributed by atoms with Gasteiger partial charge >= 0.3 is 0 Å². The molecular formula is C17H29N3O3S. The molecule has 0 amide bonds. The van der Waals surface area contributed by atoms with Gasteiger partial charge < -0.3 is 15.4 Å². The van der Waals surface area contributed by atoms with Crippen molar-refractivity contribution in [1.29, 1.82) is 0 Å². The minimum absolute atomic E-state index is 0.0111. The Balaban J connectivity index is 1.46. The minimum atomic E-state index is -2.88. The predicted octanol–water partition coefficient (Wildman–Crippen LogP) is 1.08. The molecule has 0 aromatic carbocycles. The third kappa shape index (κ3) is 2.73. The molecule has 4 unspecified atom stereocenters. The van der Waals surface area contributed by atoms with Gasteiger partial charge in [-0.15, -0.1) is 0 Å². The Morgan fingerprint density at radius 1 is 1.25 bits per heavy atom. The molecular weight excluding hydrogens is 326 g/mol. The van der Waals surface area contributed by atoms with Crippen LogP contribution in [-0.2, 0) is 14.6 Å². The van der Waals surface area contributed by atoms with Crippen molar-refractivity contribution < 1.29 is 13.2 Å². The largest absolute Gasteiger partial charge is 0.377 e. The quantitative estimate of drug-likeness (QED) is 0.585. The van der Waals surface area contributed by atoms with Gasteiger partial charge in [0.25, 0.3) is 0 Å². The number of nitrogens with zero attached hydrogens (tertiary/aromatic N) is 1. The number of rotatable bonds is 3. The predicted molar refractivity (Wildman–Crippen MR) is 93.8 cm³/mol. The van der Waals surface area contributed by atoms with Crippen LogP contribution in [0.1, 0.15) is 45.4 Å². The summed E-state index contributed by atoms with van der Waals surface area (Å²) in [4.78, 5) is 4.58. The molecule has 4 rings (SSSR count). The van der Waals surface area contributed by atoms with E-state index in [0.717, 1.165) is 19.0 Å². The molecule has 2 heterocycles. The molecule has 2 saturated carbocycles. The molecule has 0 aromatic rings. The number of sulfone groups is 1. The second-order valence-electron chi connectivity index (χ2n) is 7.87. The van der Waals surface area contributed by atoms with E-state index in [1.165, 1.54) is 25.7 Å². The van der Waals surface area contributed by atoms with Crippen molar-refractivity contribution in [2.45, 2.75) is 63.6 Å². The first kappa shape index (κ1) is 16.6. The normalized spacial score (nSPS) is 39.6. The van der Waals surface area contributed by atoms with E-state index in [4.69, 9.17) is 4.74 Å². The van der Waals surface area contributed by atoms with Gasteiger partial charge in [0.15, 0.2) is 15.8 Å². The van der Waals surface area contributed by atoms with Crippen LogP contribution < -0.4 is 10.6 Å². The molecule has 4 aliphatic rings. The lowest BCUT2D eigenvalue weighted by Crippen LogP contribution is -2.69. The number of guanidine groups is 1. The monoisotopic (exact) mass is 355 g/mol.